The molecule has 2 heterocycles. The lowest BCUT2D eigenvalue weighted by Gasteiger charge is -2.32. The van der Waals surface area contributed by atoms with E-state index in [4.69, 9.17) is 5.11 Å². The summed E-state index contributed by atoms with van der Waals surface area (Å²) in [5.41, 5.74) is 5.08. The van der Waals surface area contributed by atoms with Crippen LogP contribution in [0.2, 0.25) is 0 Å². The van der Waals surface area contributed by atoms with Gasteiger partial charge in [0, 0.05) is 36.3 Å². The molecule has 1 aliphatic carbocycles. The van der Waals surface area contributed by atoms with Gasteiger partial charge < -0.3 is 15.7 Å². The van der Waals surface area contributed by atoms with Crippen molar-refractivity contribution < 1.29 is 14.7 Å². The molecule has 1 fully saturated rings. The molecule has 2 amide bonds. The highest BCUT2D eigenvalue weighted by molar-refractivity contribution is 6.00. The van der Waals surface area contributed by atoms with Crippen LogP contribution in [0.3, 0.4) is 0 Å². The highest BCUT2D eigenvalue weighted by atomic mass is 16.3. The van der Waals surface area contributed by atoms with E-state index in [9.17, 15) is 9.59 Å². The van der Waals surface area contributed by atoms with Crippen LogP contribution in [0, 0.1) is 25.7 Å². The molecule has 192 valence electrons. The lowest BCUT2D eigenvalue weighted by atomic mass is 9.79. The van der Waals surface area contributed by atoms with Crippen molar-refractivity contribution in [3.63, 3.8) is 0 Å². The van der Waals surface area contributed by atoms with Crippen molar-refractivity contribution in [2.45, 2.75) is 65.5 Å². The monoisotopic (exact) mass is 492 g/mol. The quantitative estimate of drug-likeness (QED) is 0.361. The average Bonchev–Trinajstić information content (AvgIpc) is 3.48. The number of carbonyl (C=O) groups excluding carboxylic acids is 2. The summed E-state index contributed by atoms with van der Waals surface area (Å²) in [6.45, 7) is 6.63. The first kappa shape index (κ1) is 25.6. The fourth-order valence-electron chi connectivity index (χ4n) is 5.07. The van der Waals surface area contributed by atoms with Gasteiger partial charge in [0.1, 0.15) is 11.7 Å². The summed E-state index contributed by atoms with van der Waals surface area (Å²) in [6.07, 6.45) is 5.92. The van der Waals surface area contributed by atoms with Gasteiger partial charge in [-0.05, 0) is 68.7 Å². The SMILES string of the molecule is Cc1n[nH]c(C)c1-c1ccc(NC(=O)[C@@H](NC(=O)c2ccnn2CCCO)[C@H]2CC[C@H](C)CC2)cc1. The van der Waals surface area contributed by atoms with E-state index in [2.05, 4.69) is 32.9 Å². The minimum atomic E-state index is -0.649. The summed E-state index contributed by atoms with van der Waals surface area (Å²) in [4.78, 5) is 26.7. The van der Waals surface area contributed by atoms with E-state index in [1.54, 1.807) is 16.9 Å². The summed E-state index contributed by atoms with van der Waals surface area (Å²) in [6, 6.07) is 8.69. The van der Waals surface area contributed by atoms with E-state index in [0.29, 0.717) is 30.3 Å². The Bertz CT molecular complexity index is 1160. The third-order valence-electron chi connectivity index (χ3n) is 7.15. The minimum absolute atomic E-state index is 0.0186. The molecule has 3 aromatic rings. The van der Waals surface area contributed by atoms with E-state index in [0.717, 1.165) is 48.2 Å². The number of aromatic amines is 1. The van der Waals surface area contributed by atoms with Crippen molar-refractivity contribution in [1.82, 2.24) is 25.3 Å². The summed E-state index contributed by atoms with van der Waals surface area (Å²) in [7, 11) is 0. The van der Waals surface area contributed by atoms with Crippen LogP contribution in [0.4, 0.5) is 5.69 Å². The Morgan fingerprint density at radius 3 is 2.50 bits per heavy atom. The maximum atomic E-state index is 13.5. The van der Waals surface area contributed by atoms with Crippen molar-refractivity contribution in [2.75, 3.05) is 11.9 Å². The van der Waals surface area contributed by atoms with Gasteiger partial charge >= 0.3 is 0 Å². The Balaban J connectivity index is 1.50. The maximum Gasteiger partial charge on any atom is 0.270 e. The lowest BCUT2D eigenvalue weighted by molar-refractivity contribution is -0.119. The number of aryl methyl sites for hydroxylation is 3. The van der Waals surface area contributed by atoms with Crippen LogP contribution in [0.5, 0.6) is 0 Å². The molecule has 9 heteroatoms. The second-order valence-electron chi connectivity index (χ2n) is 9.86. The Morgan fingerprint density at radius 1 is 1.14 bits per heavy atom. The second kappa shape index (κ2) is 11.5. The van der Waals surface area contributed by atoms with Gasteiger partial charge in [0.15, 0.2) is 0 Å². The molecule has 1 atom stereocenters. The van der Waals surface area contributed by atoms with Crippen LogP contribution < -0.4 is 10.6 Å². The second-order valence-corrected chi connectivity index (χ2v) is 9.86. The molecule has 1 aliphatic rings. The normalized spacial score (nSPS) is 18.6. The van der Waals surface area contributed by atoms with Crippen molar-refractivity contribution >= 4 is 17.5 Å². The van der Waals surface area contributed by atoms with Crippen LogP contribution in [0.15, 0.2) is 36.5 Å². The molecule has 0 saturated heterocycles. The fourth-order valence-corrected chi connectivity index (χ4v) is 5.07. The van der Waals surface area contributed by atoms with E-state index in [-0.39, 0.29) is 24.3 Å². The number of nitrogens with one attached hydrogen (secondary N) is 3. The topological polar surface area (TPSA) is 125 Å². The molecule has 1 saturated carbocycles. The standard InChI is InChI=1S/C27H36N6O3/c1-17-5-7-21(8-6-17)25(30-26(35)23-13-14-28-33(23)15-4-16-34)27(36)29-22-11-9-20(10-12-22)24-18(2)31-32-19(24)3/h9-14,17,21,25,34H,4-8,15-16H2,1-3H3,(H,29,36)(H,30,35)(H,31,32)/t17-,21-,25-/m0/s1. The number of benzene rings is 1. The number of rotatable bonds is 9. The average molecular weight is 493 g/mol. The van der Waals surface area contributed by atoms with Crippen LogP contribution >= 0.6 is 0 Å². The number of anilines is 1. The van der Waals surface area contributed by atoms with Crippen LogP contribution in [-0.2, 0) is 11.3 Å². The Morgan fingerprint density at radius 2 is 1.86 bits per heavy atom. The highest BCUT2D eigenvalue weighted by Crippen LogP contribution is 2.31. The van der Waals surface area contributed by atoms with Crippen molar-refractivity contribution in [3.05, 3.63) is 53.6 Å². The largest absolute Gasteiger partial charge is 0.396 e. The number of carbonyl (C=O) groups is 2. The van der Waals surface area contributed by atoms with Gasteiger partial charge in [-0.2, -0.15) is 10.2 Å². The number of aromatic nitrogens is 4. The zero-order chi connectivity index (χ0) is 25.7. The van der Waals surface area contributed by atoms with Crippen LogP contribution in [0.1, 0.15) is 60.9 Å². The van der Waals surface area contributed by atoms with E-state index < -0.39 is 6.04 Å². The molecule has 1 aromatic carbocycles. The van der Waals surface area contributed by atoms with E-state index >= 15 is 0 Å². The predicted molar refractivity (Wildman–Crippen MR) is 138 cm³/mol. The molecule has 0 bridgehead atoms. The molecule has 0 spiro atoms. The molecule has 2 aromatic heterocycles. The van der Waals surface area contributed by atoms with Gasteiger partial charge in [0.25, 0.3) is 5.91 Å². The third kappa shape index (κ3) is 5.84. The number of aliphatic hydroxyl groups is 1. The minimum Gasteiger partial charge on any atom is -0.396 e. The molecule has 0 radical (unpaired) electrons. The van der Waals surface area contributed by atoms with Gasteiger partial charge in [-0.25, -0.2) is 0 Å². The van der Waals surface area contributed by atoms with Gasteiger partial charge in [0.05, 0.1) is 5.69 Å². The molecule has 4 rings (SSSR count). The molecular weight excluding hydrogens is 456 g/mol. The first-order valence-corrected chi connectivity index (χ1v) is 12.7. The number of amides is 2. The summed E-state index contributed by atoms with van der Waals surface area (Å²) >= 11 is 0. The highest BCUT2D eigenvalue weighted by Gasteiger charge is 2.33. The van der Waals surface area contributed by atoms with Crippen molar-refractivity contribution in [3.8, 4) is 11.1 Å². The number of nitrogens with zero attached hydrogens (tertiary/aromatic N) is 3. The molecule has 4 N–H and O–H groups in total. The summed E-state index contributed by atoms with van der Waals surface area (Å²) in [5, 5.41) is 26.6. The third-order valence-corrected chi connectivity index (χ3v) is 7.15. The molecular formula is C27H36N6O3. The lowest BCUT2D eigenvalue weighted by Crippen LogP contribution is -2.49. The number of hydrogen-bond donors (Lipinski definition) is 4. The smallest absolute Gasteiger partial charge is 0.270 e. The van der Waals surface area contributed by atoms with Gasteiger partial charge in [-0.1, -0.05) is 31.9 Å². The van der Waals surface area contributed by atoms with E-state index in [1.165, 1.54) is 0 Å². The summed E-state index contributed by atoms with van der Waals surface area (Å²) in [5.74, 6) is 0.149. The Hall–Kier alpha value is -3.46. The zero-order valence-corrected chi connectivity index (χ0v) is 21.3. The number of H-pyrrole nitrogens is 1. The molecule has 0 aliphatic heterocycles. The predicted octanol–water partition coefficient (Wildman–Crippen LogP) is 3.84. The van der Waals surface area contributed by atoms with Crippen molar-refractivity contribution in [1.29, 1.82) is 0 Å². The number of hydrogen-bond acceptors (Lipinski definition) is 5. The number of aliphatic hydroxyl groups excluding tert-OH is 1. The Labute approximate surface area is 211 Å². The fraction of sp³-hybridized carbons (Fsp3) is 0.481. The first-order chi connectivity index (χ1) is 17.4. The molecule has 36 heavy (non-hydrogen) atoms. The van der Waals surface area contributed by atoms with Crippen LogP contribution in [0.25, 0.3) is 11.1 Å². The van der Waals surface area contributed by atoms with Crippen LogP contribution in [-0.4, -0.2) is 49.5 Å². The first-order valence-electron chi connectivity index (χ1n) is 12.7. The molecule has 0 unspecified atom stereocenters. The van der Waals surface area contributed by atoms with Gasteiger partial charge in [0.2, 0.25) is 5.91 Å². The Kier molecular flexibility index (Phi) is 8.20. The summed E-state index contributed by atoms with van der Waals surface area (Å²) < 4.78 is 1.57. The van der Waals surface area contributed by atoms with Gasteiger partial charge in [-0.15, -0.1) is 0 Å². The zero-order valence-electron chi connectivity index (χ0n) is 21.3. The van der Waals surface area contributed by atoms with Gasteiger partial charge in [-0.3, -0.25) is 19.4 Å². The van der Waals surface area contributed by atoms with E-state index in [1.807, 2.05) is 38.1 Å². The van der Waals surface area contributed by atoms with Crippen molar-refractivity contribution in [2.24, 2.45) is 11.8 Å². The maximum absolute atomic E-state index is 13.5. The molecule has 9 nitrogen and oxygen atoms in total.